The lowest BCUT2D eigenvalue weighted by Crippen LogP contribution is -2.31. The number of aromatic nitrogens is 2. The van der Waals surface area contributed by atoms with E-state index in [1.165, 1.54) is 23.1 Å². The minimum atomic E-state index is -1.66. The predicted octanol–water partition coefficient (Wildman–Crippen LogP) is 3.83. The van der Waals surface area contributed by atoms with Crippen LogP contribution < -0.4 is 15.3 Å². The number of alkyl halides is 1. The molecule has 0 saturated heterocycles. The van der Waals surface area contributed by atoms with Crippen molar-refractivity contribution in [3.05, 3.63) is 74.4 Å². The van der Waals surface area contributed by atoms with Crippen molar-refractivity contribution in [2.45, 2.75) is 20.3 Å². The minimum Gasteiger partial charge on any atom is -0.593 e. The Morgan fingerprint density at radius 2 is 2.12 bits per heavy atom. The predicted molar refractivity (Wildman–Crippen MR) is 125 cm³/mol. The van der Waals surface area contributed by atoms with Gasteiger partial charge < -0.3 is 4.55 Å². The Labute approximate surface area is 196 Å². The molecule has 1 aromatic heterocycles. The van der Waals surface area contributed by atoms with Gasteiger partial charge in [-0.05, 0) is 44.6 Å². The molecule has 5 nitrogen and oxygen atoms in total. The molecule has 0 spiro atoms. The number of fused-ring (bicyclic) bond motifs is 1. The molecule has 0 radical (unpaired) electrons. The summed E-state index contributed by atoms with van der Waals surface area (Å²) in [4.78, 5) is 12.2. The molecule has 1 atom stereocenters. The average Bonchev–Trinajstić information content (AvgIpc) is 2.98. The van der Waals surface area contributed by atoms with Crippen molar-refractivity contribution in [3.63, 3.8) is 0 Å². The first-order chi connectivity index (χ1) is 15.7. The number of amides is 1. The van der Waals surface area contributed by atoms with Gasteiger partial charge in [0.2, 0.25) is 0 Å². The molecule has 1 aromatic carbocycles. The van der Waals surface area contributed by atoms with E-state index < -0.39 is 35.6 Å². The van der Waals surface area contributed by atoms with Gasteiger partial charge in [0.15, 0.2) is 0 Å². The molecular weight excluding hydrogens is 475 g/mol. The van der Waals surface area contributed by atoms with Crippen molar-refractivity contribution in [2.24, 2.45) is 0 Å². The number of nitrogens with one attached hydrogen (secondary N) is 1. The van der Waals surface area contributed by atoms with Crippen molar-refractivity contribution in [3.8, 4) is 5.69 Å². The van der Waals surface area contributed by atoms with Crippen molar-refractivity contribution >= 4 is 46.6 Å². The molecule has 1 amide bonds. The number of hydrogen-bond donors (Lipinski definition) is 1. The monoisotopic (exact) mass is 495 g/mol. The highest BCUT2D eigenvalue weighted by atomic mass is 35.5. The number of benzene rings is 1. The Kier molecular flexibility index (Phi) is 7.88. The summed E-state index contributed by atoms with van der Waals surface area (Å²) in [6.45, 7) is 2.52. The molecule has 1 aliphatic carbocycles. The van der Waals surface area contributed by atoms with Gasteiger partial charge in [-0.25, -0.2) is 17.9 Å². The molecule has 3 rings (SSSR count). The summed E-state index contributed by atoms with van der Waals surface area (Å²) in [6.07, 6.45) is 9.49. The highest BCUT2D eigenvalue weighted by Crippen LogP contribution is 2.25. The second-order valence-corrected chi connectivity index (χ2v) is 8.74. The second-order valence-electron chi connectivity index (χ2n) is 7.22. The van der Waals surface area contributed by atoms with Crippen LogP contribution in [0.3, 0.4) is 0 Å². The minimum absolute atomic E-state index is 0.0692. The van der Waals surface area contributed by atoms with Crippen LogP contribution in [0.1, 0.15) is 36.3 Å². The molecule has 33 heavy (non-hydrogen) atoms. The molecule has 0 fully saturated rings. The molecule has 0 bridgehead atoms. The molecule has 174 valence electrons. The Bertz CT molecular complexity index is 1310. The first-order valence-electron chi connectivity index (χ1n) is 9.87. The summed E-state index contributed by atoms with van der Waals surface area (Å²) in [5, 5.41) is 5.37. The SMILES string of the molecule is C/C=C(\C(F)=C/CF)c1nn(-c2cc(Cl)c(C(=O)N[S+](C)[O-])cc2F)c2c1=CCC(C)=CC=2. The van der Waals surface area contributed by atoms with Gasteiger partial charge in [0, 0.05) is 10.8 Å². The number of hydrogen-bond acceptors (Lipinski definition) is 3. The summed E-state index contributed by atoms with van der Waals surface area (Å²) >= 11 is 4.58. The van der Waals surface area contributed by atoms with Gasteiger partial charge in [0.05, 0.1) is 27.3 Å². The Morgan fingerprint density at radius 1 is 1.39 bits per heavy atom. The van der Waals surface area contributed by atoms with Crippen molar-refractivity contribution in [2.75, 3.05) is 12.9 Å². The van der Waals surface area contributed by atoms with Gasteiger partial charge >= 0.3 is 0 Å². The van der Waals surface area contributed by atoms with Gasteiger partial charge in [0.1, 0.15) is 36.0 Å². The van der Waals surface area contributed by atoms with Crippen LogP contribution >= 0.6 is 11.6 Å². The summed E-state index contributed by atoms with van der Waals surface area (Å²) in [5.41, 5.74) is 1.04. The number of nitrogens with zero attached hydrogens (tertiary/aromatic N) is 2. The molecule has 0 saturated carbocycles. The second kappa shape index (κ2) is 10.5. The van der Waals surface area contributed by atoms with Crippen LogP contribution in [0.25, 0.3) is 23.4 Å². The van der Waals surface area contributed by atoms with Crippen LogP contribution in [0.2, 0.25) is 5.02 Å². The zero-order chi connectivity index (χ0) is 24.3. The van der Waals surface area contributed by atoms with E-state index >= 15 is 4.39 Å². The summed E-state index contributed by atoms with van der Waals surface area (Å²) < 4.78 is 57.2. The van der Waals surface area contributed by atoms with E-state index in [4.69, 9.17) is 11.6 Å². The van der Waals surface area contributed by atoms with E-state index in [0.29, 0.717) is 17.0 Å². The Balaban J connectivity index is 2.27. The van der Waals surface area contributed by atoms with E-state index in [1.807, 2.05) is 19.1 Å². The Hall–Kier alpha value is -2.75. The Morgan fingerprint density at radius 3 is 2.76 bits per heavy atom. The van der Waals surface area contributed by atoms with Gasteiger partial charge in [-0.3, -0.25) is 4.79 Å². The third-order valence-corrected chi connectivity index (χ3v) is 5.70. The summed E-state index contributed by atoms with van der Waals surface area (Å²) in [6, 6.07) is 2.15. The van der Waals surface area contributed by atoms with Crippen molar-refractivity contribution in [1.82, 2.24) is 14.5 Å². The number of allylic oxidation sites excluding steroid dienone is 6. The van der Waals surface area contributed by atoms with E-state index in [0.717, 1.165) is 17.7 Å². The van der Waals surface area contributed by atoms with E-state index in [-0.39, 0.29) is 27.5 Å². The summed E-state index contributed by atoms with van der Waals surface area (Å²) in [7, 11) is 0. The molecule has 10 heteroatoms. The lowest BCUT2D eigenvalue weighted by molar-refractivity contribution is 0.0981. The topological polar surface area (TPSA) is 70.0 Å². The van der Waals surface area contributed by atoms with Crippen LogP contribution in [-0.4, -0.2) is 33.2 Å². The standard InChI is InChI=1S/C23H21ClF3N3O2S/c1-4-14(18(26)9-10-25)22-15-7-5-13(2)6-8-20(15)30(28-22)21-12-17(24)16(11-19(21)27)23(31)29-33(3)32/h4,6-9,11-12H,5,10H2,1-3H3,(H,29,31)/b14-4+,18-9+. The highest BCUT2D eigenvalue weighted by Gasteiger charge is 2.22. The van der Waals surface area contributed by atoms with E-state index in [9.17, 15) is 18.1 Å². The number of carbonyl (C=O) groups excluding carboxylic acids is 1. The largest absolute Gasteiger partial charge is 0.593 e. The maximum Gasteiger partial charge on any atom is 0.293 e. The summed E-state index contributed by atoms with van der Waals surface area (Å²) in [5.74, 6) is -2.39. The van der Waals surface area contributed by atoms with Crippen LogP contribution in [0, 0.1) is 5.82 Å². The van der Waals surface area contributed by atoms with Crippen LogP contribution in [-0.2, 0) is 11.4 Å². The van der Waals surface area contributed by atoms with E-state index in [1.54, 1.807) is 13.0 Å². The quantitative estimate of drug-likeness (QED) is 0.489. The zero-order valence-corrected chi connectivity index (χ0v) is 19.7. The van der Waals surface area contributed by atoms with Gasteiger partial charge in [0.25, 0.3) is 5.91 Å². The first kappa shape index (κ1) is 24.9. The maximum atomic E-state index is 15.2. The molecular formula is C23H21ClF3N3O2S. The van der Waals surface area contributed by atoms with Crippen molar-refractivity contribution < 1.29 is 22.5 Å². The maximum absolute atomic E-state index is 15.2. The number of rotatable bonds is 6. The molecule has 1 N–H and O–H groups in total. The fourth-order valence-electron chi connectivity index (χ4n) is 3.36. The number of carbonyl (C=O) groups is 1. The van der Waals surface area contributed by atoms with Gasteiger partial charge in [-0.1, -0.05) is 35.4 Å². The smallest absolute Gasteiger partial charge is 0.293 e. The van der Waals surface area contributed by atoms with Gasteiger partial charge in [-0.15, -0.1) is 0 Å². The normalized spacial score (nSPS) is 15.1. The van der Waals surface area contributed by atoms with Gasteiger partial charge in [-0.2, -0.15) is 9.82 Å². The van der Waals surface area contributed by atoms with Crippen LogP contribution in [0.15, 0.2) is 41.8 Å². The van der Waals surface area contributed by atoms with Crippen LogP contribution in [0.5, 0.6) is 0 Å². The first-order valence-corrected chi connectivity index (χ1v) is 11.8. The van der Waals surface area contributed by atoms with E-state index in [2.05, 4.69) is 9.82 Å². The third-order valence-electron chi connectivity index (χ3n) is 4.92. The molecule has 2 aromatic rings. The van der Waals surface area contributed by atoms with Crippen LogP contribution in [0.4, 0.5) is 13.2 Å². The molecule has 1 unspecified atom stereocenters. The van der Waals surface area contributed by atoms with Crippen molar-refractivity contribution in [1.29, 1.82) is 0 Å². The number of halogens is 4. The lowest BCUT2D eigenvalue weighted by atomic mass is 10.1. The fraction of sp³-hybridized carbons (Fsp3) is 0.217. The molecule has 1 heterocycles. The lowest BCUT2D eigenvalue weighted by Gasteiger charge is -2.10. The average molecular weight is 496 g/mol. The zero-order valence-electron chi connectivity index (χ0n) is 18.1. The third kappa shape index (κ3) is 5.26. The highest BCUT2D eigenvalue weighted by molar-refractivity contribution is 7.89. The molecule has 1 aliphatic rings. The molecule has 0 aliphatic heterocycles. The fourth-order valence-corrected chi connectivity index (χ4v) is 3.98.